The van der Waals surface area contributed by atoms with E-state index in [0.717, 1.165) is 23.6 Å². The predicted octanol–water partition coefficient (Wildman–Crippen LogP) is 4.46. The maximum absolute atomic E-state index is 13.9. The number of aromatic nitrogens is 2. The number of halogens is 2. The maximum Gasteiger partial charge on any atom is 0.270 e. The van der Waals surface area contributed by atoms with E-state index in [0.29, 0.717) is 35.7 Å². The summed E-state index contributed by atoms with van der Waals surface area (Å²) in [5.41, 5.74) is 2.56. The topological polar surface area (TPSA) is 78.1 Å². The molecule has 0 aliphatic carbocycles. The fraction of sp³-hybridized carbons (Fsp3) is 0.240. The normalized spacial score (nSPS) is 16.1. The van der Waals surface area contributed by atoms with E-state index in [9.17, 15) is 18.4 Å². The molecule has 1 fully saturated rings. The van der Waals surface area contributed by atoms with Crippen LogP contribution in [0, 0.1) is 17.6 Å². The van der Waals surface area contributed by atoms with Crippen LogP contribution in [0.4, 0.5) is 14.7 Å². The molecule has 5 rings (SSSR count). The molecule has 1 saturated heterocycles. The first-order valence-corrected chi connectivity index (χ1v) is 11.9. The van der Waals surface area contributed by atoms with Gasteiger partial charge in [0, 0.05) is 42.2 Å². The van der Waals surface area contributed by atoms with E-state index >= 15 is 0 Å². The number of nitrogens with one attached hydrogen (secondary N) is 2. The smallest absolute Gasteiger partial charge is 0.270 e. The Balaban J connectivity index is 1.34. The van der Waals surface area contributed by atoms with Gasteiger partial charge in [0.05, 0.1) is 11.4 Å². The summed E-state index contributed by atoms with van der Waals surface area (Å²) in [6.45, 7) is 1.03. The Kier molecular flexibility index (Phi) is 6.10. The van der Waals surface area contributed by atoms with Crippen LogP contribution >= 0.6 is 11.3 Å². The van der Waals surface area contributed by atoms with Crippen LogP contribution in [0.2, 0.25) is 0 Å². The van der Waals surface area contributed by atoms with Gasteiger partial charge < -0.3 is 10.2 Å². The number of aromatic amines is 1. The van der Waals surface area contributed by atoms with Crippen molar-refractivity contribution in [3.63, 3.8) is 0 Å². The number of anilines is 1. The number of carbonyl (C=O) groups excluding carboxylic acids is 1. The molecule has 1 unspecified atom stereocenters. The van der Waals surface area contributed by atoms with E-state index in [2.05, 4.69) is 10.3 Å². The molecule has 1 amide bonds. The van der Waals surface area contributed by atoms with Gasteiger partial charge in [-0.2, -0.15) is 0 Å². The number of nitrogens with zero attached hydrogens (tertiary/aromatic N) is 2. The molecule has 0 saturated carbocycles. The first-order chi connectivity index (χ1) is 16.5. The van der Waals surface area contributed by atoms with E-state index in [1.54, 1.807) is 0 Å². The number of carbonyl (C=O) groups is 1. The Morgan fingerprint density at radius 3 is 2.82 bits per heavy atom. The molecule has 2 N–H and O–H groups in total. The Morgan fingerprint density at radius 1 is 1.21 bits per heavy atom. The van der Waals surface area contributed by atoms with Crippen molar-refractivity contribution in [2.75, 3.05) is 18.0 Å². The standard InChI is InChI=1S/C25H22F2N4O2S/c26-18-9-8-16(20(27)11-18)12-28-23(32)17-7-4-10-31(13-17)25-29-21-19(15-5-2-1-3-6-15)14-34-22(21)24(33)30-25/h1-3,5-6,8-9,11,14,17H,4,7,10,12-13H2,(H,28,32)(H,29,30,33). The van der Waals surface area contributed by atoms with Crippen molar-refractivity contribution in [1.82, 2.24) is 15.3 Å². The molecule has 3 heterocycles. The van der Waals surface area contributed by atoms with E-state index in [4.69, 9.17) is 4.98 Å². The molecule has 34 heavy (non-hydrogen) atoms. The summed E-state index contributed by atoms with van der Waals surface area (Å²) in [6.07, 6.45) is 1.42. The van der Waals surface area contributed by atoms with Crippen molar-refractivity contribution in [1.29, 1.82) is 0 Å². The molecule has 2 aromatic heterocycles. The summed E-state index contributed by atoms with van der Waals surface area (Å²) in [4.78, 5) is 35.1. The minimum absolute atomic E-state index is 0.0160. The number of hydrogen-bond acceptors (Lipinski definition) is 5. The summed E-state index contributed by atoms with van der Waals surface area (Å²) in [5.74, 6) is -1.46. The van der Waals surface area contributed by atoms with Gasteiger partial charge in [-0.15, -0.1) is 11.3 Å². The molecule has 0 radical (unpaired) electrons. The fourth-order valence-electron chi connectivity index (χ4n) is 4.26. The average Bonchev–Trinajstić information content (AvgIpc) is 3.29. The van der Waals surface area contributed by atoms with E-state index < -0.39 is 11.6 Å². The van der Waals surface area contributed by atoms with E-state index in [1.807, 2.05) is 40.6 Å². The zero-order chi connectivity index (χ0) is 23.7. The molecule has 0 bridgehead atoms. The monoisotopic (exact) mass is 480 g/mol. The number of rotatable bonds is 5. The number of benzene rings is 2. The number of piperidine rings is 1. The highest BCUT2D eigenvalue weighted by atomic mass is 32.1. The summed E-state index contributed by atoms with van der Waals surface area (Å²) in [7, 11) is 0. The number of thiophene rings is 1. The van der Waals surface area contributed by atoms with Crippen molar-refractivity contribution in [3.8, 4) is 11.1 Å². The summed E-state index contributed by atoms with van der Waals surface area (Å²) in [6, 6.07) is 13.1. The molecular formula is C25H22F2N4O2S. The Bertz CT molecular complexity index is 1400. The quantitative estimate of drug-likeness (QED) is 0.442. The lowest BCUT2D eigenvalue weighted by Crippen LogP contribution is -2.44. The highest BCUT2D eigenvalue weighted by Gasteiger charge is 2.27. The summed E-state index contributed by atoms with van der Waals surface area (Å²) in [5, 5.41) is 4.69. The van der Waals surface area contributed by atoms with Crippen LogP contribution in [0.15, 0.2) is 58.7 Å². The van der Waals surface area contributed by atoms with Crippen molar-refractivity contribution < 1.29 is 13.6 Å². The second-order valence-electron chi connectivity index (χ2n) is 8.32. The average molecular weight is 481 g/mol. The van der Waals surface area contributed by atoms with Crippen molar-refractivity contribution in [2.45, 2.75) is 19.4 Å². The zero-order valence-electron chi connectivity index (χ0n) is 18.2. The number of H-pyrrole nitrogens is 1. The maximum atomic E-state index is 13.9. The van der Waals surface area contributed by atoms with Gasteiger partial charge in [0.1, 0.15) is 16.3 Å². The minimum atomic E-state index is -0.689. The van der Waals surface area contributed by atoms with E-state index in [-0.39, 0.29) is 29.5 Å². The fourth-order valence-corrected chi connectivity index (χ4v) is 5.17. The van der Waals surface area contributed by atoms with Crippen molar-refractivity contribution in [3.05, 3.63) is 81.5 Å². The molecule has 174 valence electrons. The molecule has 4 aromatic rings. The Labute approximate surface area is 198 Å². The molecule has 1 atom stereocenters. The molecule has 6 nitrogen and oxygen atoms in total. The second kappa shape index (κ2) is 9.34. The largest absolute Gasteiger partial charge is 0.352 e. The second-order valence-corrected chi connectivity index (χ2v) is 9.20. The zero-order valence-corrected chi connectivity index (χ0v) is 19.0. The molecular weight excluding hydrogens is 458 g/mol. The Morgan fingerprint density at radius 2 is 2.03 bits per heavy atom. The van der Waals surface area contributed by atoms with Gasteiger partial charge in [-0.3, -0.25) is 14.6 Å². The van der Waals surface area contributed by atoms with Gasteiger partial charge in [-0.1, -0.05) is 36.4 Å². The van der Waals surface area contributed by atoms with Gasteiger partial charge in [0.15, 0.2) is 0 Å². The van der Waals surface area contributed by atoms with Gasteiger partial charge in [0.25, 0.3) is 5.56 Å². The summed E-state index contributed by atoms with van der Waals surface area (Å²) < 4.78 is 27.5. The molecule has 2 aromatic carbocycles. The van der Waals surface area contributed by atoms with Crippen molar-refractivity contribution in [2.24, 2.45) is 5.92 Å². The number of fused-ring (bicyclic) bond motifs is 1. The first-order valence-electron chi connectivity index (χ1n) is 11.0. The first kappa shape index (κ1) is 22.2. The summed E-state index contributed by atoms with van der Waals surface area (Å²) >= 11 is 1.36. The number of hydrogen-bond donors (Lipinski definition) is 2. The van der Waals surface area contributed by atoms with Crippen LogP contribution in [-0.2, 0) is 11.3 Å². The van der Waals surface area contributed by atoms with Crippen LogP contribution in [0.3, 0.4) is 0 Å². The van der Waals surface area contributed by atoms with Crippen LogP contribution < -0.4 is 15.8 Å². The van der Waals surface area contributed by atoms with Crippen LogP contribution in [0.5, 0.6) is 0 Å². The highest BCUT2D eigenvalue weighted by molar-refractivity contribution is 7.17. The van der Waals surface area contributed by atoms with Gasteiger partial charge in [-0.05, 0) is 24.5 Å². The predicted molar refractivity (Wildman–Crippen MR) is 129 cm³/mol. The highest BCUT2D eigenvalue weighted by Crippen LogP contribution is 2.32. The third kappa shape index (κ3) is 4.43. The molecule has 9 heteroatoms. The van der Waals surface area contributed by atoms with Crippen LogP contribution in [0.1, 0.15) is 18.4 Å². The SMILES string of the molecule is O=C(NCc1ccc(F)cc1F)C1CCCN(c2nc3c(-c4ccccc4)csc3c(=O)[nH]2)C1. The van der Waals surface area contributed by atoms with Gasteiger partial charge in [0.2, 0.25) is 11.9 Å². The van der Waals surface area contributed by atoms with Crippen LogP contribution in [-0.4, -0.2) is 29.0 Å². The Hall–Kier alpha value is -3.59. The van der Waals surface area contributed by atoms with Gasteiger partial charge in [-0.25, -0.2) is 13.8 Å². The lowest BCUT2D eigenvalue weighted by molar-refractivity contribution is -0.125. The third-order valence-electron chi connectivity index (χ3n) is 6.06. The van der Waals surface area contributed by atoms with Gasteiger partial charge >= 0.3 is 0 Å². The number of amides is 1. The molecule has 0 spiro atoms. The van der Waals surface area contributed by atoms with Crippen LogP contribution in [0.25, 0.3) is 21.3 Å². The lowest BCUT2D eigenvalue weighted by atomic mass is 9.97. The van der Waals surface area contributed by atoms with E-state index in [1.165, 1.54) is 23.5 Å². The molecule has 1 aliphatic heterocycles. The van der Waals surface area contributed by atoms with Crippen molar-refractivity contribution >= 4 is 33.4 Å². The lowest BCUT2D eigenvalue weighted by Gasteiger charge is -2.32. The third-order valence-corrected chi connectivity index (χ3v) is 7.03. The molecule has 1 aliphatic rings. The minimum Gasteiger partial charge on any atom is -0.352 e.